The zero-order valence-electron chi connectivity index (χ0n) is 11.6. The smallest absolute Gasteiger partial charge is 0.228 e. The molecule has 1 N–H and O–H groups in total. The van der Waals surface area contributed by atoms with Gasteiger partial charge in [0, 0.05) is 0 Å². The third-order valence-corrected chi connectivity index (χ3v) is 4.25. The SMILES string of the molecule is Cc1ccc(CC(=O)Nc2cc(Cl)c(Cl)cc2Cl)cc1C. The maximum atomic E-state index is 12.1. The second-order valence-electron chi connectivity index (χ2n) is 4.89. The molecular weight excluding hydrogens is 329 g/mol. The van der Waals surface area contributed by atoms with Crippen LogP contribution < -0.4 is 5.32 Å². The van der Waals surface area contributed by atoms with Gasteiger partial charge in [0.25, 0.3) is 0 Å². The third-order valence-electron chi connectivity index (χ3n) is 3.22. The summed E-state index contributed by atoms with van der Waals surface area (Å²) in [5.41, 5.74) is 3.77. The van der Waals surface area contributed by atoms with E-state index in [9.17, 15) is 4.79 Å². The van der Waals surface area contributed by atoms with Gasteiger partial charge in [-0.2, -0.15) is 0 Å². The fourth-order valence-electron chi connectivity index (χ4n) is 1.91. The van der Waals surface area contributed by atoms with Gasteiger partial charge in [0.15, 0.2) is 0 Å². The molecule has 5 heteroatoms. The quantitative estimate of drug-likeness (QED) is 0.739. The summed E-state index contributed by atoms with van der Waals surface area (Å²) < 4.78 is 0. The minimum Gasteiger partial charge on any atom is -0.324 e. The van der Waals surface area contributed by atoms with E-state index in [0.29, 0.717) is 20.8 Å². The maximum absolute atomic E-state index is 12.1. The van der Waals surface area contributed by atoms with Gasteiger partial charge in [0.1, 0.15) is 0 Å². The first-order valence-corrected chi connectivity index (χ1v) is 7.50. The molecule has 0 saturated carbocycles. The van der Waals surface area contributed by atoms with Crippen molar-refractivity contribution in [2.45, 2.75) is 20.3 Å². The number of anilines is 1. The van der Waals surface area contributed by atoms with Crippen molar-refractivity contribution >= 4 is 46.4 Å². The molecular formula is C16H14Cl3NO. The third kappa shape index (κ3) is 4.13. The minimum absolute atomic E-state index is 0.154. The molecule has 2 nitrogen and oxygen atoms in total. The molecule has 1 amide bonds. The van der Waals surface area contributed by atoms with Crippen LogP contribution >= 0.6 is 34.8 Å². The molecule has 110 valence electrons. The van der Waals surface area contributed by atoms with Crippen molar-refractivity contribution in [3.8, 4) is 0 Å². The van der Waals surface area contributed by atoms with Gasteiger partial charge in [-0.3, -0.25) is 4.79 Å². The molecule has 2 aromatic rings. The van der Waals surface area contributed by atoms with E-state index in [4.69, 9.17) is 34.8 Å². The first kappa shape index (κ1) is 16.2. The Morgan fingerprint density at radius 2 is 1.62 bits per heavy atom. The number of hydrogen-bond acceptors (Lipinski definition) is 1. The predicted molar refractivity (Wildman–Crippen MR) is 89.7 cm³/mol. The molecule has 0 saturated heterocycles. The Morgan fingerprint density at radius 1 is 0.952 bits per heavy atom. The van der Waals surface area contributed by atoms with E-state index in [0.717, 1.165) is 11.1 Å². The summed E-state index contributed by atoms with van der Waals surface area (Å²) in [5, 5.41) is 3.81. The summed E-state index contributed by atoms with van der Waals surface area (Å²) in [6.07, 6.45) is 0.275. The number of rotatable bonds is 3. The number of benzene rings is 2. The molecule has 0 aliphatic carbocycles. The van der Waals surface area contributed by atoms with E-state index in [1.54, 1.807) is 6.07 Å². The van der Waals surface area contributed by atoms with Gasteiger partial charge in [-0.25, -0.2) is 0 Å². The molecule has 2 rings (SSSR count). The summed E-state index contributed by atoms with van der Waals surface area (Å²) in [7, 11) is 0. The zero-order valence-corrected chi connectivity index (χ0v) is 13.9. The van der Waals surface area contributed by atoms with Crippen LogP contribution in [0.25, 0.3) is 0 Å². The summed E-state index contributed by atoms with van der Waals surface area (Å²) in [5.74, 6) is -0.154. The van der Waals surface area contributed by atoms with Crippen molar-refractivity contribution in [2.24, 2.45) is 0 Å². The molecule has 0 aliphatic heterocycles. The van der Waals surface area contributed by atoms with Gasteiger partial charge in [-0.1, -0.05) is 53.0 Å². The van der Waals surface area contributed by atoms with E-state index < -0.39 is 0 Å². The number of nitrogens with one attached hydrogen (secondary N) is 1. The number of hydrogen-bond donors (Lipinski definition) is 1. The van der Waals surface area contributed by atoms with Crippen LogP contribution in [0.1, 0.15) is 16.7 Å². The molecule has 0 heterocycles. The number of aryl methyl sites for hydroxylation is 2. The van der Waals surface area contributed by atoms with Crippen LogP contribution in [0.15, 0.2) is 30.3 Å². The minimum atomic E-state index is -0.154. The molecule has 0 aliphatic rings. The fourth-order valence-corrected chi connectivity index (χ4v) is 2.51. The first-order valence-electron chi connectivity index (χ1n) is 6.37. The van der Waals surface area contributed by atoms with Crippen molar-refractivity contribution < 1.29 is 4.79 Å². The largest absolute Gasteiger partial charge is 0.324 e. The van der Waals surface area contributed by atoms with Crippen molar-refractivity contribution in [3.63, 3.8) is 0 Å². The Kier molecular flexibility index (Phi) is 5.15. The summed E-state index contributed by atoms with van der Waals surface area (Å²) in [6.45, 7) is 4.06. The van der Waals surface area contributed by atoms with Crippen LogP contribution in [-0.4, -0.2) is 5.91 Å². The van der Waals surface area contributed by atoms with Gasteiger partial charge in [-0.05, 0) is 42.7 Å². The van der Waals surface area contributed by atoms with Gasteiger partial charge < -0.3 is 5.32 Å². The van der Waals surface area contributed by atoms with Crippen molar-refractivity contribution in [1.82, 2.24) is 0 Å². The normalized spacial score (nSPS) is 10.5. The van der Waals surface area contributed by atoms with Crippen molar-refractivity contribution in [1.29, 1.82) is 0 Å². The molecule has 0 aromatic heterocycles. The van der Waals surface area contributed by atoms with E-state index in [1.807, 2.05) is 32.0 Å². The monoisotopic (exact) mass is 341 g/mol. The molecule has 21 heavy (non-hydrogen) atoms. The average molecular weight is 343 g/mol. The Morgan fingerprint density at radius 3 is 2.29 bits per heavy atom. The van der Waals surface area contributed by atoms with Crippen LogP contribution in [0.5, 0.6) is 0 Å². The number of amides is 1. The Labute approximate surface area is 139 Å². The van der Waals surface area contributed by atoms with Gasteiger partial charge in [-0.15, -0.1) is 0 Å². The van der Waals surface area contributed by atoms with E-state index in [1.165, 1.54) is 11.6 Å². The summed E-state index contributed by atoms with van der Waals surface area (Å²) in [4.78, 5) is 12.1. The maximum Gasteiger partial charge on any atom is 0.228 e. The van der Waals surface area contributed by atoms with Gasteiger partial charge in [0.2, 0.25) is 5.91 Å². The van der Waals surface area contributed by atoms with E-state index >= 15 is 0 Å². The van der Waals surface area contributed by atoms with Crippen LogP contribution in [0.3, 0.4) is 0 Å². The van der Waals surface area contributed by atoms with E-state index in [2.05, 4.69) is 5.32 Å². The van der Waals surface area contributed by atoms with Crippen LogP contribution in [0.2, 0.25) is 15.1 Å². The fraction of sp³-hybridized carbons (Fsp3) is 0.188. The second kappa shape index (κ2) is 6.69. The molecule has 2 aromatic carbocycles. The highest BCUT2D eigenvalue weighted by atomic mass is 35.5. The predicted octanol–water partition coefficient (Wildman–Crippen LogP) is 5.44. The number of halogens is 3. The summed E-state index contributed by atoms with van der Waals surface area (Å²) in [6, 6.07) is 9.01. The molecule has 0 spiro atoms. The topological polar surface area (TPSA) is 29.1 Å². The lowest BCUT2D eigenvalue weighted by Gasteiger charge is -2.09. The van der Waals surface area contributed by atoms with Crippen LogP contribution in [0, 0.1) is 13.8 Å². The highest BCUT2D eigenvalue weighted by molar-refractivity contribution is 6.44. The first-order chi connectivity index (χ1) is 9.86. The molecule has 0 unspecified atom stereocenters. The Balaban J connectivity index is 2.11. The van der Waals surface area contributed by atoms with Gasteiger partial charge in [0.05, 0.1) is 27.2 Å². The number of carbonyl (C=O) groups excluding carboxylic acids is 1. The lowest BCUT2D eigenvalue weighted by Crippen LogP contribution is -2.14. The summed E-state index contributed by atoms with van der Waals surface area (Å²) >= 11 is 17.8. The lowest BCUT2D eigenvalue weighted by atomic mass is 10.0. The number of carbonyl (C=O) groups is 1. The molecule has 0 bridgehead atoms. The van der Waals surface area contributed by atoms with Crippen molar-refractivity contribution in [2.75, 3.05) is 5.32 Å². The Hall–Kier alpha value is -1.22. The van der Waals surface area contributed by atoms with Crippen LogP contribution in [-0.2, 0) is 11.2 Å². The van der Waals surface area contributed by atoms with Gasteiger partial charge >= 0.3 is 0 Å². The van der Waals surface area contributed by atoms with E-state index in [-0.39, 0.29) is 12.3 Å². The highest BCUT2D eigenvalue weighted by Gasteiger charge is 2.10. The molecule has 0 fully saturated rings. The average Bonchev–Trinajstić information content (AvgIpc) is 2.40. The zero-order chi connectivity index (χ0) is 15.6. The van der Waals surface area contributed by atoms with Crippen LogP contribution in [0.4, 0.5) is 5.69 Å². The lowest BCUT2D eigenvalue weighted by molar-refractivity contribution is -0.115. The van der Waals surface area contributed by atoms with Crippen molar-refractivity contribution in [3.05, 3.63) is 62.1 Å². The standard InChI is InChI=1S/C16H14Cl3NO/c1-9-3-4-11(5-10(9)2)6-16(21)20-15-8-13(18)12(17)7-14(15)19/h3-5,7-8H,6H2,1-2H3,(H,20,21). The molecule has 0 atom stereocenters. The Bertz CT molecular complexity index is 698. The highest BCUT2D eigenvalue weighted by Crippen LogP contribution is 2.32. The second-order valence-corrected chi connectivity index (χ2v) is 6.11. The molecule has 0 radical (unpaired) electrons.